The third-order valence-corrected chi connectivity index (χ3v) is 2.65. The van der Waals surface area contributed by atoms with E-state index in [1.165, 1.54) is 0 Å². The van der Waals surface area contributed by atoms with Crippen molar-refractivity contribution < 1.29 is 13.2 Å². The Balaban J connectivity index is 2.45. The summed E-state index contributed by atoms with van der Waals surface area (Å²) < 4.78 is 39.1. The van der Waals surface area contributed by atoms with E-state index >= 15 is 0 Å². The van der Waals surface area contributed by atoms with Gasteiger partial charge in [-0.3, -0.25) is 0 Å². The molecular weight excluding hydrogens is 243 g/mol. The van der Waals surface area contributed by atoms with Gasteiger partial charge in [0.25, 0.3) is 0 Å². The van der Waals surface area contributed by atoms with E-state index in [1.807, 2.05) is 0 Å². The van der Waals surface area contributed by atoms with Crippen molar-refractivity contribution in [1.29, 1.82) is 0 Å². The van der Waals surface area contributed by atoms with E-state index < -0.39 is 12.4 Å². The summed E-state index contributed by atoms with van der Waals surface area (Å²) in [7, 11) is 0. The molecule has 3 nitrogen and oxygen atoms in total. The Hall–Kier alpha value is -1.82. The molecular formula is C12H12F3N3. The van der Waals surface area contributed by atoms with Crippen LogP contribution in [0.5, 0.6) is 0 Å². The highest BCUT2D eigenvalue weighted by molar-refractivity contribution is 5.60. The summed E-state index contributed by atoms with van der Waals surface area (Å²) in [5, 5.41) is 3.32. The zero-order chi connectivity index (χ0) is 13.3. The summed E-state index contributed by atoms with van der Waals surface area (Å²) in [6, 6.07) is 6.31. The van der Waals surface area contributed by atoms with Crippen molar-refractivity contribution >= 4 is 0 Å². The van der Waals surface area contributed by atoms with Gasteiger partial charge in [0.1, 0.15) is 5.69 Å². The number of nitrogens with zero attached hydrogens (tertiary/aromatic N) is 2. The minimum absolute atomic E-state index is 0.163. The van der Waals surface area contributed by atoms with Crippen LogP contribution in [0.1, 0.15) is 25.1 Å². The summed E-state index contributed by atoms with van der Waals surface area (Å²) in [6.45, 7) is -1.07. The van der Waals surface area contributed by atoms with Crippen LogP contribution >= 0.6 is 0 Å². The van der Waals surface area contributed by atoms with E-state index in [4.69, 9.17) is 5.73 Å². The topological polar surface area (TPSA) is 43.8 Å². The normalized spacial score (nSPS) is 13.0. The molecule has 1 aromatic heterocycles. The van der Waals surface area contributed by atoms with E-state index in [9.17, 15) is 13.2 Å². The van der Waals surface area contributed by atoms with Crippen LogP contribution in [-0.4, -0.2) is 9.78 Å². The Morgan fingerprint density at radius 2 is 1.83 bits per heavy atom. The molecule has 18 heavy (non-hydrogen) atoms. The Kier molecular flexibility index (Phi) is 3.38. The maximum atomic E-state index is 13.5. The maximum absolute atomic E-state index is 13.5. The molecule has 2 N–H and O–H groups in total. The highest BCUT2D eigenvalue weighted by Gasteiger charge is 2.18. The van der Waals surface area contributed by atoms with Gasteiger partial charge in [0.2, 0.25) is 0 Å². The Morgan fingerprint density at radius 1 is 1.22 bits per heavy atom. The molecule has 0 aliphatic carbocycles. The van der Waals surface area contributed by atoms with Gasteiger partial charge in [-0.25, -0.2) is 9.07 Å². The number of alkyl halides is 2. The molecule has 0 fully saturated rings. The van der Waals surface area contributed by atoms with Crippen molar-refractivity contribution in [2.45, 2.75) is 19.5 Å². The van der Waals surface area contributed by atoms with Crippen LogP contribution in [0.15, 0.2) is 30.5 Å². The fourth-order valence-electron chi connectivity index (χ4n) is 1.70. The number of rotatable bonds is 3. The standard InChI is InChI=1S/C12H12F3N3/c1-7(16)8-2-4-9(5-3-8)11-10(13)6-17-18(11)12(14)15/h2-7,12H,16H2,1H3/t7-/m0/s1. The second-order valence-electron chi connectivity index (χ2n) is 3.97. The maximum Gasteiger partial charge on any atom is 0.333 e. The second kappa shape index (κ2) is 4.81. The molecule has 2 aromatic rings. The van der Waals surface area contributed by atoms with Crippen molar-refractivity contribution in [2.24, 2.45) is 5.73 Å². The van der Waals surface area contributed by atoms with Gasteiger partial charge in [-0.15, -0.1) is 0 Å². The summed E-state index contributed by atoms with van der Waals surface area (Å²) in [4.78, 5) is 0. The molecule has 1 aromatic carbocycles. The summed E-state index contributed by atoms with van der Waals surface area (Å²) >= 11 is 0. The number of halogens is 3. The zero-order valence-electron chi connectivity index (χ0n) is 9.65. The number of nitrogens with two attached hydrogens (primary N) is 1. The lowest BCUT2D eigenvalue weighted by atomic mass is 10.1. The Bertz CT molecular complexity index is 532. The third kappa shape index (κ3) is 2.24. The number of benzene rings is 1. The molecule has 0 radical (unpaired) electrons. The highest BCUT2D eigenvalue weighted by atomic mass is 19.3. The van der Waals surface area contributed by atoms with Gasteiger partial charge < -0.3 is 5.73 Å². The number of hydrogen-bond donors (Lipinski definition) is 1. The average Bonchev–Trinajstić information content (AvgIpc) is 2.71. The largest absolute Gasteiger partial charge is 0.333 e. The van der Waals surface area contributed by atoms with Crippen LogP contribution in [0.4, 0.5) is 13.2 Å². The van der Waals surface area contributed by atoms with Crippen molar-refractivity contribution in [3.05, 3.63) is 41.8 Å². The van der Waals surface area contributed by atoms with Crippen molar-refractivity contribution in [1.82, 2.24) is 9.78 Å². The van der Waals surface area contributed by atoms with Gasteiger partial charge in [0.05, 0.1) is 6.20 Å². The lowest BCUT2D eigenvalue weighted by molar-refractivity contribution is 0.0582. The monoisotopic (exact) mass is 255 g/mol. The first-order valence-corrected chi connectivity index (χ1v) is 5.37. The average molecular weight is 255 g/mol. The van der Waals surface area contributed by atoms with E-state index in [2.05, 4.69) is 5.10 Å². The first kappa shape index (κ1) is 12.6. The second-order valence-corrected chi connectivity index (χ2v) is 3.97. The Morgan fingerprint density at radius 3 is 2.33 bits per heavy atom. The van der Waals surface area contributed by atoms with Gasteiger partial charge in [-0.05, 0) is 12.5 Å². The van der Waals surface area contributed by atoms with Gasteiger partial charge in [0.15, 0.2) is 5.82 Å². The zero-order valence-corrected chi connectivity index (χ0v) is 9.65. The summed E-state index contributed by atoms with van der Waals surface area (Å²) in [5.41, 5.74) is 6.65. The fraction of sp³-hybridized carbons (Fsp3) is 0.250. The molecule has 0 bridgehead atoms. The predicted octanol–water partition coefficient (Wildman–Crippen LogP) is 3.10. The first-order chi connectivity index (χ1) is 8.50. The van der Waals surface area contributed by atoms with Crippen molar-refractivity contribution in [3.8, 4) is 11.3 Å². The van der Waals surface area contributed by atoms with Gasteiger partial charge in [-0.2, -0.15) is 13.9 Å². The Labute approximate surface area is 102 Å². The van der Waals surface area contributed by atoms with Crippen LogP contribution < -0.4 is 5.73 Å². The van der Waals surface area contributed by atoms with E-state index in [1.54, 1.807) is 31.2 Å². The van der Waals surface area contributed by atoms with Crippen LogP contribution in [0.25, 0.3) is 11.3 Å². The van der Waals surface area contributed by atoms with Crippen LogP contribution in [-0.2, 0) is 0 Å². The fourth-order valence-corrected chi connectivity index (χ4v) is 1.70. The third-order valence-electron chi connectivity index (χ3n) is 2.65. The molecule has 1 atom stereocenters. The summed E-state index contributed by atoms with van der Waals surface area (Å²) in [6.07, 6.45) is 0.779. The molecule has 1 heterocycles. The molecule has 0 saturated heterocycles. The predicted molar refractivity (Wildman–Crippen MR) is 61.5 cm³/mol. The molecule has 0 amide bonds. The van der Waals surface area contributed by atoms with Gasteiger partial charge >= 0.3 is 6.55 Å². The first-order valence-electron chi connectivity index (χ1n) is 5.37. The molecule has 0 spiro atoms. The summed E-state index contributed by atoms with van der Waals surface area (Å²) in [5.74, 6) is -0.774. The van der Waals surface area contributed by atoms with E-state index in [0.717, 1.165) is 11.8 Å². The minimum atomic E-state index is -2.88. The lowest BCUT2D eigenvalue weighted by Gasteiger charge is -2.09. The number of hydrogen-bond acceptors (Lipinski definition) is 2. The lowest BCUT2D eigenvalue weighted by Crippen LogP contribution is -2.05. The molecule has 0 saturated carbocycles. The minimum Gasteiger partial charge on any atom is -0.324 e. The SMILES string of the molecule is C[C@H](N)c1ccc(-c2c(F)cnn2C(F)F)cc1. The molecule has 0 aliphatic heterocycles. The van der Waals surface area contributed by atoms with Crippen molar-refractivity contribution in [3.63, 3.8) is 0 Å². The smallest absolute Gasteiger partial charge is 0.324 e. The molecule has 96 valence electrons. The quantitative estimate of drug-likeness (QED) is 0.915. The molecule has 0 unspecified atom stereocenters. The van der Waals surface area contributed by atoms with Crippen LogP contribution in [0.2, 0.25) is 0 Å². The van der Waals surface area contributed by atoms with Crippen LogP contribution in [0.3, 0.4) is 0 Å². The molecule has 0 aliphatic rings. The number of aromatic nitrogens is 2. The van der Waals surface area contributed by atoms with E-state index in [0.29, 0.717) is 10.2 Å². The van der Waals surface area contributed by atoms with Gasteiger partial charge in [-0.1, -0.05) is 24.3 Å². The van der Waals surface area contributed by atoms with Crippen LogP contribution in [0, 0.1) is 5.82 Å². The molecule has 6 heteroatoms. The highest BCUT2D eigenvalue weighted by Crippen LogP contribution is 2.27. The molecule has 2 rings (SSSR count). The van der Waals surface area contributed by atoms with Gasteiger partial charge in [0, 0.05) is 11.6 Å². The van der Waals surface area contributed by atoms with E-state index in [-0.39, 0.29) is 11.7 Å². The van der Waals surface area contributed by atoms with Crippen molar-refractivity contribution in [2.75, 3.05) is 0 Å².